The molecule has 1 amide bonds. The maximum Gasteiger partial charge on any atom is 0.415 e. The van der Waals surface area contributed by atoms with Crippen LogP contribution in [0.1, 0.15) is 12.5 Å². The van der Waals surface area contributed by atoms with Gasteiger partial charge in [0.05, 0.1) is 32.9 Å². The number of aromatic nitrogens is 1. The molecular weight excluding hydrogens is 400 g/mol. The lowest BCUT2D eigenvalue weighted by molar-refractivity contribution is 0.161. The minimum Gasteiger partial charge on any atom is -0.497 e. The second-order valence-electron chi connectivity index (χ2n) is 6.91. The van der Waals surface area contributed by atoms with E-state index in [1.165, 1.54) is 29.9 Å². The number of carbonyl (C=O) groups is 1. The lowest BCUT2D eigenvalue weighted by atomic mass is 10.1. The van der Waals surface area contributed by atoms with Crippen molar-refractivity contribution in [2.45, 2.75) is 20.0 Å². The van der Waals surface area contributed by atoms with E-state index in [1.807, 2.05) is 31.2 Å². The summed E-state index contributed by atoms with van der Waals surface area (Å²) >= 11 is 0. The molecule has 8 heteroatoms. The van der Waals surface area contributed by atoms with Crippen LogP contribution < -0.4 is 24.5 Å². The zero-order chi connectivity index (χ0) is 22.5. The Labute approximate surface area is 180 Å². The number of benzene rings is 2. The van der Waals surface area contributed by atoms with E-state index in [2.05, 4.69) is 0 Å². The van der Waals surface area contributed by atoms with E-state index in [-0.39, 0.29) is 11.3 Å². The highest BCUT2D eigenvalue weighted by atomic mass is 16.6. The van der Waals surface area contributed by atoms with Crippen molar-refractivity contribution in [2.24, 2.45) is 0 Å². The average Bonchev–Trinajstić information content (AvgIpc) is 2.80. The molecule has 8 nitrogen and oxygen atoms in total. The second kappa shape index (κ2) is 9.42. The SMILES string of the molecule is CCn1cc(OC(=O)N(C)Cc2ccc(OC)cc2)c2cc(OC)c(OC)cc2c1=O. The lowest BCUT2D eigenvalue weighted by Gasteiger charge is -2.19. The van der Waals surface area contributed by atoms with Gasteiger partial charge in [-0.25, -0.2) is 4.79 Å². The zero-order valence-electron chi connectivity index (χ0n) is 18.3. The van der Waals surface area contributed by atoms with E-state index in [0.717, 1.165) is 11.3 Å². The van der Waals surface area contributed by atoms with Gasteiger partial charge in [-0.15, -0.1) is 0 Å². The van der Waals surface area contributed by atoms with Gasteiger partial charge in [0.1, 0.15) is 5.75 Å². The fourth-order valence-corrected chi connectivity index (χ4v) is 3.24. The number of pyridine rings is 1. The van der Waals surface area contributed by atoms with Crippen LogP contribution in [0.3, 0.4) is 0 Å². The molecule has 0 N–H and O–H groups in total. The maximum atomic E-state index is 12.8. The molecule has 2 aromatic carbocycles. The van der Waals surface area contributed by atoms with Crippen LogP contribution in [-0.4, -0.2) is 43.9 Å². The van der Waals surface area contributed by atoms with Crippen molar-refractivity contribution in [3.63, 3.8) is 0 Å². The quantitative estimate of drug-likeness (QED) is 0.574. The first kappa shape index (κ1) is 22.0. The summed E-state index contributed by atoms with van der Waals surface area (Å²) in [6, 6.07) is 10.7. The second-order valence-corrected chi connectivity index (χ2v) is 6.91. The van der Waals surface area contributed by atoms with Crippen molar-refractivity contribution in [2.75, 3.05) is 28.4 Å². The highest BCUT2D eigenvalue weighted by Gasteiger charge is 2.19. The molecule has 0 unspecified atom stereocenters. The van der Waals surface area contributed by atoms with E-state index in [9.17, 15) is 9.59 Å². The van der Waals surface area contributed by atoms with E-state index < -0.39 is 6.09 Å². The molecule has 0 saturated carbocycles. The van der Waals surface area contributed by atoms with E-state index in [4.69, 9.17) is 18.9 Å². The number of rotatable bonds is 7. The minimum absolute atomic E-state index is 0.204. The molecule has 1 heterocycles. The van der Waals surface area contributed by atoms with Gasteiger partial charge in [-0.05, 0) is 36.8 Å². The molecule has 0 fully saturated rings. The van der Waals surface area contributed by atoms with Crippen LogP contribution in [0.2, 0.25) is 0 Å². The van der Waals surface area contributed by atoms with Gasteiger partial charge < -0.3 is 28.4 Å². The average molecular weight is 426 g/mol. The predicted octanol–water partition coefficient (Wildman–Crippen LogP) is 3.68. The highest BCUT2D eigenvalue weighted by Crippen LogP contribution is 2.35. The minimum atomic E-state index is -0.548. The number of amides is 1. The fraction of sp³-hybridized carbons (Fsp3) is 0.304. The third-order valence-electron chi connectivity index (χ3n) is 4.98. The summed E-state index contributed by atoms with van der Waals surface area (Å²) in [6.45, 7) is 2.62. The molecule has 0 aliphatic heterocycles. The van der Waals surface area contributed by atoms with Crippen molar-refractivity contribution < 1.29 is 23.7 Å². The van der Waals surface area contributed by atoms with Gasteiger partial charge in [0.15, 0.2) is 17.2 Å². The number of nitrogens with zero attached hydrogens (tertiary/aromatic N) is 2. The number of methoxy groups -OCH3 is 3. The van der Waals surface area contributed by atoms with Crippen LogP contribution in [0.15, 0.2) is 47.4 Å². The van der Waals surface area contributed by atoms with Crippen LogP contribution in [0.4, 0.5) is 4.79 Å². The first-order valence-corrected chi connectivity index (χ1v) is 9.76. The predicted molar refractivity (Wildman–Crippen MR) is 117 cm³/mol. The summed E-state index contributed by atoms with van der Waals surface area (Å²) in [5, 5.41) is 0.848. The summed E-state index contributed by atoms with van der Waals surface area (Å²) in [7, 11) is 6.25. The fourth-order valence-electron chi connectivity index (χ4n) is 3.24. The van der Waals surface area contributed by atoms with Crippen LogP contribution in [0, 0.1) is 0 Å². The van der Waals surface area contributed by atoms with Crippen LogP contribution in [0.25, 0.3) is 10.8 Å². The molecular formula is C23H26N2O6. The molecule has 1 aromatic heterocycles. The van der Waals surface area contributed by atoms with Gasteiger partial charge in [0.2, 0.25) is 0 Å². The third kappa shape index (κ3) is 4.58. The lowest BCUT2D eigenvalue weighted by Crippen LogP contribution is -2.30. The number of hydrogen-bond donors (Lipinski definition) is 0. The van der Waals surface area contributed by atoms with Gasteiger partial charge in [-0.1, -0.05) is 12.1 Å². The van der Waals surface area contributed by atoms with Crippen LogP contribution in [0.5, 0.6) is 23.0 Å². The number of fused-ring (bicyclic) bond motifs is 1. The third-order valence-corrected chi connectivity index (χ3v) is 4.98. The highest BCUT2D eigenvalue weighted by molar-refractivity contribution is 5.92. The Morgan fingerprint density at radius 3 is 2.10 bits per heavy atom. The van der Waals surface area contributed by atoms with Crippen molar-refractivity contribution in [1.29, 1.82) is 0 Å². The summed E-state index contributed by atoms with van der Waals surface area (Å²) in [6.07, 6.45) is 0.989. The Hall–Kier alpha value is -3.68. The molecule has 0 atom stereocenters. The van der Waals surface area contributed by atoms with Gasteiger partial charge in [-0.3, -0.25) is 4.79 Å². The zero-order valence-corrected chi connectivity index (χ0v) is 18.3. The van der Waals surface area contributed by atoms with E-state index in [1.54, 1.807) is 26.3 Å². The molecule has 0 saturated heterocycles. The molecule has 0 aliphatic carbocycles. The number of hydrogen-bond acceptors (Lipinski definition) is 6. The molecule has 0 radical (unpaired) electrons. The summed E-state index contributed by atoms with van der Waals surface area (Å²) in [5.41, 5.74) is 0.722. The van der Waals surface area contributed by atoms with Gasteiger partial charge in [-0.2, -0.15) is 0 Å². The monoisotopic (exact) mass is 426 g/mol. The number of carbonyl (C=O) groups excluding carboxylic acids is 1. The summed E-state index contributed by atoms with van der Waals surface area (Å²) < 4.78 is 23.0. The van der Waals surface area contributed by atoms with Crippen LogP contribution in [-0.2, 0) is 13.1 Å². The standard InChI is InChI=1S/C23H26N2O6/c1-6-25-14-21(17-11-19(29-4)20(30-5)12-18(17)22(25)26)31-23(27)24(2)13-15-7-9-16(28-3)10-8-15/h7-12,14H,6,13H2,1-5H3. The smallest absolute Gasteiger partial charge is 0.415 e. The topological polar surface area (TPSA) is 79.2 Å². The van der Waals surface area contributed by atoms with Crippen LogP contribution >= 0.6 is 0 Å². The normalized spacial score (nSPS) is 10.6. The first-order valence-electron chi connectivity index (χ1n) is 9.76. The molecule has 3 rings (SSSR count). The Kier molecular flexibility index (Phi) is 6.69. The Morgan fingerprint density at radius 1 is 0.935 bits per heavy atom. The molecule has 164 valence electrons. The van der Waals surface area contributed by atoms with Gasteiger partial charge in [0, 0.05) is 25.5 Å². The van der Waals surface area contributed by atoms with E-state index >= 15 is 0 Å². The van der Waals surface area contributed by atoms with Gasteiger partial charge in [0.25, 0.3) is 5.56 Å². The Morgan fingerprint density at radius 2 is 1.55 bits per heavy atom. The Balaban J connectivity index is 1.94. The van der Waals surface area contributed by atoms with Crippen molar-refractivity contribution in [3.8, 4) is 23.0 Å². The van der Waals surface area contributed by atoms with Crippen molar-refractivity contribution in [1.82, 2.24) is 9.47 Å². The summed E-state index contributed by atoms with van der Waals surface area (Å²) in [4.78, 5) is 27.0. The number of ether oxygens (including phenoxy) is 4. The largest absolute Gasteiger partial charge is 0.497 e. The number of aryl methyl sites for hydroxylation is 1. The molecule has 31 heavy (non-hydrogen) atoms. The molecule has 0 bridgehead atoms. The summed E-state index contributed by atoms with van der Waals surface area (Å²) in [5.74, 6) is 1.87. The molecule has 0 aliphatic rings. The molecule has 3 aromatic rings. The molecule has 0 spiro atoms. The Bertz CT molecular complexity index is 1140. The van der Waals surface area contributed by atoms with E-state index in [0.29, 0.717) is 35.4 Å². The van der Waals surface area contributed by atoms with Gasteiger partial charge >= 0.3 is 6.09 Å². The van der Waals surface area contributed by atoms with Crippen molar-refractivity contribution in [3.05, 3.63) is 58.5 Å². The first-order chi connectivity index (χ1) is 14.9. The van der Waals surface area contributed by atoms with Crippen molar-refractivity contribution >= 4 is 16.9 Å². The maximum absolute atomic E-state index is 12.8.